The average molecular weight is 416 g/mol. The average Bonchev–Trinajstić information content (AvgIpc) is 3.23. The van der Waals surface area contributed by atoms with Crippen molar-refractivity contribution in [3.63, 3.8) is 0 Å². The topological polar surface area (TPSA) is 79.8 Å². The summed E-state index contributed by atoms with van der Waals surface area (Å²) in [6.07, 6.45) is 7.93. The number of nitrogens with zero attached hydrogens (tertiary/aromatic N) is 3. The molecule has 3 heterocycles. The predicted octanol–water partition coefficient (Wildman–Crippen LogP) is 5.30. The third kappa shape index (κ3) is 5.27. The van der Waals surface area contributed by atoms with Crippen LogP contribution in [0.5, 0.6) is 0 Å². The van der Waals surface area contributed by atoms with Gasteiger partial charge in [-0.2, -0.15) is 0 Å². The van der Waals surface area contributed by atoms with Gasteiger partial charge < -0.3 is 10.6 Å². The molecule has 0 aliphatic heterocycles. The van der Waals surface area contributed by atoms with E-state index in [4.69, 9.17) is 11.6 Å². The molecule has 0 radical (unpaired) electrons. The van der Waals surface area contributed by atoms with E-state index >= 15 is 0 Å². The molecule has 1 amide bonds. The summed E-state index contributed by atoms with van der Waals surface area (Å²) >= 11 is 7.78. The van der Waals surface area contributed by atoms with Gasteiger partial charge in [0.1, 0.15) is 5.82 Å². The Hall–Kier alpha value is -2.51. The molecule has 2 N–H and O–H groups in total. The van der Waals surface area contributed by atoms with Gasteiger partial charge in [0.2, 0.25) is 0 Å². The van der Waals surface area contributed by atoms with Crippen LogP contribution in [0.1, 0.15) is 53.3 Å². The Labute approximate surface area is 173 Å². The van der Waals surface area contributed by atoms with Crippen LogP contribution in [0.3, 0.4) is 0 Å². The number of halogens is 1. The molecule has 3 rings (SSSR count). The van der Waals surface area contributed by atoms with E-state index in [1.807, 2.05) is 25.1 Å². The van der Waals surface area contributed by atoms with Crippen LogP contribution in [-0.2, 0) is 0 Å². The molecule has 3 aromatic rings. The number of hydrogen-bond acceptors (Lipinski definition) is 6. The number of rotatable bonds is 8. The van der Waals surface area contributed by atoms with Gasteiger partial charge in [-0.05, 0) is 37.1 Å². The Kier molecular flexibility index (Phi) is 6.95. The van der Waals surface area contributed by atoms with Gasteiger partial charge in [0.25, 0.3) is 5.91 Å². The van der Waals surface area contributed by atoms with Crippen LogP contribution in [0.4, 0.5) is 11.5 Å². The maximum atomic E-state index is 12.4. The minimum absolute atomic E-state index is 0.170. The Morgan fingerprint density at radius 3 is 2.75 bits per heavy atom. The number of pyridine rings is 2. The van der Waals surface area contributed by atoms with Gasteiger partial charge in [0, 0.05) is 23.5 Å². The first-order chi connectivity index (χ1) is 13.6. The lowest BCUT2D eigenvalue weighted by Crippen LogP contribution is -2.28. The third-order valence-corrected chi connectivity index (χ3v) is 5.28. The molecule has 8 heteroatoms. The maximum absolute atomic E-state index is 12.4. The Morgan fingerprint density at radius 2 is 2.11 bits per heavy atom. The zero-order chi connectivity index (χ0) is 19.9. The van der Waals surface area contributed by atoms with Crippen molar-refractivity contribution in [2.24, 2.45) is 0 Å². The Bertz CT molecular complexity index is 915. The van der Waals surface area contributed by atoms with Gasteiger partial charge in [0.15, 0.2) is 5.01 Å². The smallest absolute Gasteiger partial charge is 0.280 e. The number of aromatic nitrogens is 3. The van der Waals surface area contributed by atoms with E-state index in [2.05, 4.69) is 32.5 Å². The van der Waals surface area contributed by atoms with Crippen molar-refractivity contribution in [3.05, 3.63) is 63.5 Å². The van der Waals surface area contributed by atoms with Gasteiger partial charge in [-0.15, -0.1) is 11.3 Å². The fraction of sp³-hybridized carbons (Fsp3) is 0.300. The molecule has 28 heavy (non-hydrogen) atoms. The highest BCUT2D eigenvalue weighted by Crippen LogP contribution is 2.28. The summed E-state index contributed by atoms with van der Waals surface area (Å²) in [5.74, 6) is 0.372. The molecule has 146 valence electrons. The molecule has 0 saturated heterocycles. The summed E-state index contributed by atoms with van der Waals surface area (Å²) in [6, 6.07) is 5.52. The molecule has 0 aromatic carbocycles. The van der Waals surface area contributed by atoms with Crippen LogP contribution < -0.4 is 10.6 Å². The van der Waals surface area contributed by atoms with Crippen molar-refractivity contribution in [1.29, 1.82) is 0 Å². The second-order valence-corrected chi connectivity index (χ2v) is 7.72. The summed E-state index contributed by atoms with van der Waals surface area (Å²) in [6.45, 7) is 4.05. The fourth-order valence-electron chi connectivity index (χ4n) is 2.70. The summed E-state index contributed by atoms with van der Waals surface area (Å²) in [4.78, 5) is 25.2. The normalized spacial score (nSPS) is 11.8. The molecule has 0 saturated carbocycles. The minimum atomic E-state index is -0.180. The van der Waals surface area contributed by atoms with E-state index in [9.17, 15) is 4.79 Å². The molecule has 1 atom stereocenters. The van der Waals surface area contributed by atoms with Gasteiger partial charge in [-0.25, -0.2) is 9.97 Å². The first kappa shape index (κ1) is 20.2. The van der Waals surface area contributed by atoms with Gasteiger partial charge in [0.05, 0.1) is 22.9 Å². The van der Waals surface area contributed by atoms with E-state index in [0.717, 1.165) is 36.2 Å². The molecular weight excluding hydrogens is 394 g/mol. The second kappa shape index (κ2) is 9.61. The van der Waals surface area contributed by atoms with E-state index in [-0.39, 0.29) is 11.9 Å². The molecule has 0 aliphatic rings. The number of anilines is 2. The molecule has 0 fully saturated rings. The van der Waals surface area contributed by atoms with E-state index in [0.29, 0.717) is 15.8 Å². The number of amides is 1. The van der Waals surface area contributed by atoms with E-state index in [1.54, 1.807) is 24.0 Å². The van der Waals surface area contributed by atoms with E-state index in [1.165, 1.54) is 11.3 Å². The van der Waals surface area contributed by atoms with Crippen LogP contribution in [0.15, 0.2) is 42.2 Å². The standard InChI is InChI=1S/C20H22ClN5OS/c1-3-4-5-17(26-19(27)20-22-8-9-28-20)14-10-16(21)18(24-11-14)25-15-7-6-13(2)23-12-15/h6-12,17H,3-5H2,1-2H3,(H,24,25)(H,26,27)/t17-/m1/s1. The summed E-state index contributed by atoms with van der Waals surface area (Å²) in [5, 5.41) is 8.95. The largest absolute Gasteiger partial charge is 0.343 e. The number of nitrogens with one attached hydrogen (secondary N) is 2. The molecule has 0 unspecified atom stereocenters. The number of carbonyl (C=O) groups excluding carboxylic acids is 1. The minimum Gasteiger partial charge on any atom is -0.343 e. The van der Waals surface area contributed by atoms with Crippen molar-refractivity contribution in [3.8, 4) is 0 Å². The fourth-order valence-corrected chi connectivity index (χ4v) is 3.46. The van der Waals surface area contributed by atoms with E-state index < -0.39 is 0 Å². The predicted molar refractivity (Wildman–Crippen MR) is 113 cm³/mol. The van der Waals surface area contributed by atoms with Crippen molar-refractivity contribution in [2.75, 3.05) is 5.32 Å². The number of unbranched alkanes of at least 4 members (excludes halogenated alkanes) is 1. The number of aryl methyl sites for hydroxylation is 1. The molecule has 0 spiro atoms. The highest BCUT2D eigenvalue weighted by molar-refractivity contribution is 7.11. The van der Waals surface area contributed by atoms with Crippen molar-refractivity contribution >= 4 is 40.4 Å². The van der Waals surface area contributed by atoms with Crippen LogP contribution in [-0.4, -0.2) is 20.9 Å². The zero-order valence-corrected chi connectivity index (χ0v) is 17.3. The number of carbonyl (C=O) groups is 1. The number of hydrogen-bond donors (Lipinski definition) is 2. The Morgan fingerprint density at radius 1 is 1.25 bits per heavy atom. The third-order valence-electron chi connectivity index (χ3n) is 4.22. The Balaban J connectivity index is 1.77. The lowest BCUT2D eigenvalue weighted by molar-refractivity contribution is 0.0933. The molecule has 6 nitrogen and oxygen atoms in total. The zero-order valence-electron chi connectivity index (χ0n) is 15.8. The quantitative estimate of drug-likeness (QED) is 0.521. The first-order valence-corrected chi connectivity index (χ1v) is 10.4. The van der Waals surface area contributed by atoms with Gasteiger partial charge >= 0.3 is 0 Å². The molecule has 0 bridgehead atoms. The van der Waals surface area contributed by atoms with Crippen LogP contribution in [0, 0.1) is 6.92 Å². The van der Waals surface area contributed by atoms with Crippen molar-refractivity contribution in [2.45, 2.75) is 39.2 Å². The van der Waals surface area contributed by atoms with Crippen LogP contribution >= 0.6 is 22.9 Å². The summed E-state index contributed by atoms with van der Waals surface area (Å²) in [7, 11) is 0. The second-order valence-electron chi connectivity index (χ2n) is 6.42. The molecular formula is C20H22ClN5OS. The summed E-state index contributed by atoms with van der Waals surface area (Å²) in [5.41, 5.74) is 2.62. The highest BCUT2D eigenvalue weighted by atomic mass is 35.5. The molecule has 0 aliphatic carbocycles. The van der Waals surface area contributed by atoms with Crippen molar-refractivity contribution < 1.29 is 4.79 Å². The van der Waals surface area contributed by atoms with Gasteiger partial charge in [-0.3, -0.25) is 9.78 Å². The number of thiazole rings is 1. The lowest BCUT2D eigenvalue weighted by Gasteiger charge is -2.19. The maximum Gasteiger partial charge on any atom is 0.280 e. The SMILES string of the molecule is CCCC[C@@H](NC(=O)c1nccs1)c1cnc(Nc2ccc(C)nc2)c(Cl)c1. The van der Waals surface area contributed by atoms with Crippen molar-refractivity contribution in [1.82, 2.24) is 20.3 Å². The monoisotopic (exact) mass is 415 g/mol. The summed E-state index contributed by atoms with van der Waals surface area (Å²) < 4.78 is 0. The molecule has 3 aromatic heterocycles. The lowest BCUT2D eigenvalue weighted by atomic mass is 10.0. The van der Waals surface area contributed by atoms with Crippen LogP contribution in [0.2, 0.25) is 5.02 Å². The first-order valence-electron chi connectivity index (χ1n) is 9.12. The van der Waals surface area contributed by atoms with Crippen LogP contribution in [0.25, 0.3) is 0 Å². The highest BCUT2D eigenvalue weighted by Gasteiger charge is 2.18. The van der Waals surface area contributed by atoms with Gasteiger partial charge in [-0.1, -0.05) is 31.4 Å².